The van der Waals surface area contributed by atoms with Gasteiger partial charge in [0.2, 0.25) is 0 Å². The van der Waals surface area contributed by atoms with E-state index in [0.29, 0.717) is 19.5 Å². The first-order chi connectivity index (χ1) is 8.02. The summed E-state index contributed by atoms with van der Waals surface area (Å²) in [5, 5.41) is 0. The number of ether oxygens (including phenoxy) is 1. The van der Waals surface area contributed by atoms with Gasteiger partial charge in [0, 0.05) is 19.1 Å². The molecule has 0 radical (unpaired) electrons. The van der Waals surface area contributed by atoms with Crippen LogP contribution in [0.2, 0.25) is 0 Å². The average Bonchev–Trinajstić information content (AvgIpc) is 2.77. The molecule has 1 aliphatic heterocycles. The van der Waals surface area contributed by atoms with E-state index in [1.807, 2.05) is 20.8 Å². The van der Waals surface area contributed by atoms with Crippen LogP contribution in [0.5, 0.6) is 0 Å². The van der Waals surface area contributed by atoms with Crippen molar-refractivity contribution in [3.8, 4) is 0 Å². The summed E-state index contributed by atoms with van der Waals surface area (Å²) in [5.41, 5.74) is 0. The van der Waals surface area contributed by atoms with Crippen molar-refractivity contribution in [3.63, 3.8) is 0 Å². The standard InChI is InChI=1S/C12H22N2O3/c1-5-13(9(2)3)12(16)14-8-6-7-10(14)11(15)17-4/h9-10H,5-8H2,1-4H3/t10-/m1/s1. The third-order valence-corrected chi connectivity index (χ3v) is 3.18. The second kappa shape index (κ2) is 5.89. The van der Waals surface area contributed by atoms with Gasteiger partial charge in [0.15, 0.2) is 0 Å². The lowest BCUT2D eigenvalue weighted by Crippen LogP contribution is -2.50. The number of likely N-dealkylation sites (tertiary alicyclic amines) is 1. The van der Waals surface area contributed by atoms with Crippen molar-refractivity contribution in [2.24, 2.45) is 0 Å². The summed E-state index contributed by atoms with van der Waals surface area (Å²) in [6.07, 6.45) is 1.56. The van der Waals surface area contributed by atoms with Gasteiger partial charge in [0.25, 0.3) is 0 Å². The molecule has 5 nitrogen and oxygen atoms in total. The van der Waals surface area contributed by atoms with Crippen molar-refractivity contribution in [1.82, 2.24) is 9.80 Å². The Labute approximate surface area is 103 Å². The van der Waals surface area contributed by atoms with Crippen LogP contribution in [-0.2, 0) is 9.53 Å². The smallest absolute Gasteiger partial charge is 0.328 e. The third kappa shape index (κ3) is 2.90. The van der Waals surface area contributed by atoms with Gasteiger partial charge in [-0.1, -0.05) is 0 Å². The largest absolute Gasteiger partial charge is 0.467 e. The molecule has 0 aromatic rings. The summed E-state index contributed by atoms with van der Waals surface area (Å²) in [6, 6.07) is -0.318. The molecule has 2 amide bonds. The molecule has 98 valence electrons. The van der Waals surface area contributed by atoms with Crippen molar-refractivity contribution in [3.05, 3.63) is 0 Å². The summed E-state index contributed by atoms with van der Waals surface area (Å²) in [5.74, 6) is -0.310. The molecule has 1 heterocycles. The number of rotatable bonds is 3. The van der Waals surface area contributed by atoms with E-state index in [0.717, 1.165) is 6.42 Å². The van der Waals surface area contributed by atoms with Crippen molar-refractivity contribution < 1.29 is 14.3 Å². The summed E-state index contributed by atoms with van der Waals surface area (Å²) in [6.45, 7) is 7.19. The Balaban J connectivity index is 2.76. The Morgan fingerprint density at radius 2 is 2.12 bits per heavy atom. The van der Waals surface area contributed by atoms with Gasteiger partial charge >= 0.3 is 12.0 Å². The van der Waals surface area contributed by atoms with E-state index in [1.54, 1.807) is 9.80 Å². The summed E-state index contributed by atoms with van der Waals surface area (Å²) < 4.78 is 4.74. The molecule has 1 atom stereocenters. The molecule has 0 N–H and O–H groups in total. The molecule has 1 saturated heterocycles. The Morgan fingerprint density at radius 1 is 1.47 bits per heavy atom. The van der Waals surface area contributed by atoms with Crippen LogP contribution in [-0.4, -0.2) is 54.1 Å². The van der Waals surface area contributed by atoms with Gasteiger partial charge in [-0.2, -0.15) is 0 Å². The van der Waals surface area contributed by atoms with E-state index in [-0.39, 0.29) is 18.0 Å². The molecule has 0 aromatic carbocycles. The SMILES string of the molecule is CCN(C(=O)N1CCC[C@@H]1C(=O)OC)C(C)C. The van der Waals surface area contributed by atoms with Gasteiger partial charge < -0.3 is 14.5 Å². The summed E-state index contributed by atoms with van der Waals surface area (Å²) in [4.78, 5) is 27.3. The molecular weight excluding hydrogens is 220 g/mol. The average molecular weight is 242 g/mol. The fourth-order valence-electron chi connectivity index (χ4n) is 2.26. The number of hydrogen-bond donors (Lipinski definition) is 0. The number of carbonyl (C=O) groups excluding carboxylic acids is 2. The predicted octanol–water partition coefficient (Wildman–Crippen LogP) is 1.47. The topological polar surface area (TPSA) is 49.9 Å². The predicted molar refractivity (Wildman–Crippen MR) is 64.7 cm³/mol. The zero-order valence-corrected chi connectivity index (χ0v) is 11.1. The van der Waals surface area contributed by atoms with Crippen LogP contribution in [0, 0.1) is 0 Å². The minimum Gasteiger partial charge on any atom is -0.467 e. The second-order valence-electron chi connectivity index (χ2n) is 4.54. The van der Waals surface area contributed by atoms with Crippen LogP contribution >= 0.6 is 0 Å². The molecule has 0 aromatic heterocycles. The lowest BCUT2D eigenvalue weighted by molar-refractivity contribution is -0.145. The van der Waals surface area contributed by atoms with Crippen molar-refractivity contribution >= 4 is 12.0 Å². The minimum atomic E-state index is -0.403. The van der Waals surface area contributed by atoms with E-state index in [2.05, 4.69) is 0 Å². The Kier molecular flexibility index (Phi) is 4.78. The van der Waals surface area contributed by atoms with Gasteiger partial charge in [-0.3, -0.25) is 0 Å². The van der Waals surface area contributed by atoms with E-state index in [9.17, 15) is 9.59 Å². The number of methoxy groups -OCH3 is 1. The molecule has 0 spiro atoms. The van der Waals surface area contributed by atoms with E-state index >= 15 is 0 Å². The van der Waals surface area contributed by atoms with Gasteiger partial charge in [0.1, 0.15) is 6.04 Å². The van der Waals surface area contributed by atoms with Crippen LogP contribution in [0.3, 0.4) is 0 Å². The molecule has 1 rings (SSSR count). The van der Waals surface area contributed by atoms with E-state index in [4.69, 9.17) is 4.74 Å². The number of carbonyl (C=O) groups is 2. The molecular formula is C12H22N2O3. The van der Waals surface area contributed by atoms with Crippen LogP contribution in [0.1, 0.15) is 33.6 Å². The molecule has 17 heavy (non-hydrogen) atoms. The van der Waals surface area contributed by atoms with Crippen LogP contribution in [0.25, 0.3) is 0 Å². The number of hydrogen-bond acceptors (Lipinski definition) is 3. The van der Waals surface area contributed by atoms with Gasteiger partial charge in [-0.15, -0.1) is 0 Å². The van der Waals surface area contributed by atoms with Crippen molar-refractivity contribution in [2.45, 2.75) is 45.7 Å². The maximum absolute atomic E-state index is 12.3. The maximum Gasteiger partial charge on any atom is 0.328 e. The highest BCUT2D eigenvalue weighted by molar-refractivity contribution is 5.84. The fourth-order valence-corrected chi connectivity index (χ4v) is 2.26. The second-order valence-corrected chi connectivity index (χ2v) is 4.54. The first-order valence-electron chi connectivity index (χ1n) is 6.18. The molecule has 1 aliphatic rings. The van der Waals surface area contributed by atoms with Crippen molar-refractivity contribution in [2.75, 3.05) is 20.2 Å². The highest BCUT2D eigenvalue weighted by atomic mass is 16.5. The van der Waals surface area contributed by atoms with Crippen molar-refractivity contribution in [1.29, 1.82) is 0 Å². The van der Waals surface area contributed by atoms with Crippen LogP contribution in [0.15, 0.2) is 0 Å². The van der Waals surface area contributed by atoms with Gasteiger partial charge in [0.05, 0.1) is 7.11 Å². The van der Waals surface area contributed by atoms with E-state index in [1.165, 1.54) is 7.11 Å². The number of amides is 2. The fraction of sp³-hybridized carbons (Fsp3) is 0.833. The third-order valence-electron chi connectivity index (χ3n) is 3.18. The first-order valence-corrected chi connectivity index (χ1v) is 6.18. The maximum atomic E-state index is 12.3. The summed E-state index contributed by atoms with van der Waals surface area (Å²) in [7, 11) is 1.36. The zero-order valence-electron chi connectivity index (χ0n) is 11.1. The monoisotopic (exact) mass is 242 g/mol. The molecule has 1 fully saturated rings. The highest BCUT2D eigenvalue weighted by Gasteiger charge is 2.37. The lowest BCUT2D eigenvalue weighted by Gasteiger charge is -2.32. The Hall–Kier alpha value is -1.26. The van der Waals surface area contributed by atoms with Crippen LogP contribution < -0.4 is 0 Å². The molecule has 0 aliphatic carbocycles. The van der Waals surface area contributed by atoms with E-state index < -0.39 is 6.04 Å². The van der Waals surface area contributed by atoms with Gasteiger partial charge in [-0.05, 0) is 33.6 Å². The number of esters is 1. The molecule has 0 saturated carbocycles. The molecule has 0 unspecified atom stereocenters. The summed E-state index contributed by atoms with van der Waals surface area (Å²) >= 11 is 0. The lowest BCUT2D eigenvalue weighted by atomic mass is 10.2. The highest BCUT2D eigenvalue weighted by Crippen LogP contribution is 2.20. The molecule has 5 heteroatoms. The number of urea groups is 1. The number of nitrogens with zero attached hydrogens (tertiary/aromatic N) is 2. The van der Waals surface area contributed by atoms with Crippen LogP contribution in [0.4, 0.5) is 4.79 Å². The Bertz CT molecular complexity index is 291. The minimum absolute atomic E-state index is 0.0598. The quantitative estimate of drug-likeness (QED) is 0.704. The zero-order chi connectivity index (χ0) is 13.0. The molecule has 0 bridgehead atoms. The normalized spacial score (nSPS) is 19.6. The van der Waals surface area contributed by atoms with Gasteiger partial charge in [-0.25, -0.2) is 9.59 Å². The Morgan fingerprint density at radius 3 is 2.59 bits per heavy atom. The first kappa shape index (κ1) is 13.8.